The molecule has 0 aliphatic rings. The van der Waals surface area contributed by atoms with Gasteiger partial charge in [-0.05, 0) is 18.6 Å². The van der Waals surface area contributed by atoms with Crippen molar-refractivity contribution in [3.63, 3.8) is 0 Å². The molecule has 18 heavy (non-hydrogen) atoms. The lowest BCUT2D eigenvalue weighted by molar-refractivity contribution is 0.0929. The van der Waals surface area contributed by atoms with Crippen molar-refractivity contribution in [2.75, 3.05) is 5.73 Å². The van der Waals surface area contributed by atoms with Gasteiger partial charge in [-0.15, -0.1) is 0 Å². The first-order chi connectivity index (χ1) is 8.70. The van der Waals surface area contributed by atoms with Crippen LogP contribution in [0.3, 0.4) is 0 Å². The van der Waals surface area contributed by atoms with Crippen LogP contribution in [0.4, 0.5) is 5.82 Å². The number of imidazole rings is 1. The molecular formula is C12H15N5O. The molecule has 0 fully saturated rings. The van der Waals surface area contributed by atoms with E-state index in [1.807, 2.05) is 6.92 Å². The zero-order valence-electron chi connectivity index (χ0n) is 10.1. The monoisotopic (exact) mass is 245 g/mol. The molecule has 0 bridgehead atoms. The molecule has 0 aliphatic carbocycles. The molecule has 2 aromatic rings. The Hall–Kier alpha value is -2.37. The molecule has 2 heterocycles. The molecular weight excluding hydrogens is 230 g/mol. The zero-order chi connectivity index (χ0) is 13.0. The van der Waals surface area contributed by atoms with Crippen LogP contribution in [-0.4, -0.2) is 20.9 Å². The van der Waals surface area contributed by atoms with Crippen LogP contribution in [0.2, 0.25) is 0 Å². The SMILES string of the molecule is CCC(NC(=O)c1cccc(N)n1)c1ncc[nH]1. The Morgan fingerprint density at radius 3 is 3.00 bits per heavy atom. The quantitative estimate of drug-likeness (QED) is 0.755. The summed E-state index contributed by atoms with van der Waals surface area (Å²) in [5, 5.41) is 2.86. The number of nitrogens with one attached hydrogen (secondary N) is 2. The number of nitrogen functional groups attached to an aromatic ring is 1. The highest BCUT2D eigenvalue weighted by Crippen LogP contribution is 2.12. The fourth-order valence-electron chi connectivity index (χ4n) is 1.64. The predicted octanol–water partition coefficient (Wildman–Crippen LogP) is 1.27. The molecule has 0 aliphatic heterocycles. The van der Waals surface area contributed by atoms with Crippen LogP contribution in [0.5, 0.6) is 0 Å². The van der Waals surface area contributed by atoms with Crippen molar-refractivity contribution < 1.29 is 4.79 Å². The van der Waals surface area contributed by atoms with Gasteiger partial charge in [0.1, 0.15) is 17.3 Å². The average Bonchev–Trinajstić information content (AvgIpc) is 2.89. The molecule has 0 saturated heterocycles. The number of anilines is 1. The van der Waals surface area contributed by atoms with E-state index in [-0.39, 0.29) is 11.9 Å². The zero-order valence-corrected chi connectivity index (χ0v) is 10.1. The Balaban J connectivity index is 2.11. The third-order valence-corrected chi connectivity index (χ3v) is 2.57. The molecule has 1 unspecified atom stereocenters. The summed E-state index contributed by atoms with van der Waals surface area (Å²) in [6.07, 6.45) is 4.12. The van der Waals surface area contributed by atoms with Crippen LogP contribution in [-0.2, 0) is 0 Å². The molecule has 0 radical (unpaired) electrons. The van der Waals surface area contributed by atoms with Gasteiger partial charge in [0, 0.05) is 12.4 Å². The maximum absolute atomic E-state index is 12.0. The maximum atomic E-state index is 12.0. The van der Waals surface area contributed by atoms with Crippen LogP contribution in [0, 0.1) is 0 Å². The topological polar surface area (TPSA) is 96.7 Å². The summed E-state index contributed by atoms with van der Waals surface area (Å²) < 4.78 is 0. The molecule has 0 spiro atoms. The second-order valence-corrected chi connectivity index (χ2v) is 3.86. The number of carbonyl (C=O) groups excluding carboxylic acids is 1. The van der Waals surface area contributed by atoms with Crippen molar-refractivity contribution in [2.24, 2.45) is 0 Å². The van der Waals surface area contributed by atoms with E-state index in [1.54, 1.807) is 30.6 Å². The summed E-state index contributed by atoms with van der Waals surface area (Å²) >= 11 is 0. The van der Waals surface area contributed by atoms with Gasteiger partial charge in [0.2, 0.25) is 0 Å². The Bertz CT molecular complexity index is 523. The number of carbonyl (C=O) groups is 1. The molecule has 4 N–H and O–H groups in total. The fourth-order valence-corrected chi connectivity index (χ4v) is 1.64. The molecule has 1 amide bonds. The van der Waals surface area contributed by atoms with E-state index in [4.69, 9.17) is 5.73 Å². The fraction of sp³-hybridized carbons (Fsp3) is 0.250. The number of aromatic amines is 1. The van der Waals surface area contributed by atoms with Gasteiger partial charge in [0.15, 0.2) is 0 Å². The standard InChI is InChI=1S/C12H15N5O/c1-2-8(11-14-6-7-15-11)17-12(18)9-4-3-5-10(13)16-9/h3-8H,2H2,1H3,(H2,13,16)(H,14,15)(H,17,18). The summed E-state index contributed by atoms with van der Waals surface area (Å²) in [4.78, 5) is 23.1. The number of H-pyrrole nitrogens is 1. The third kappa shape index (κ3) is 2.65. The lowest BCUT2D eigenvalue weighted by Gasteiger charge is -2.14. The summed E-state index contributed by atoms with van der Waals surface area (Å²) in [7, 11) is 0. The number of hydrogen-bond donors (Lipinski definition) is 3. The van der Waals surface area contributed by atoms with Crippen LogP contribution in [0.15, 0.2) is 30.6 Å². The Kier molecular flexibility index (Phi) is 3.57. The smallest absolute Gasteiger partial charge is 0.270 e. The molecule has 0 saturated carbocycles. The van der Waals surface area contributed by atoms with Crippen molar-refractivity contribution in [1.29, 1.82) is 0 Å². The molecule has 94 valence electrons. The molecule has 6 nitrogen and oxygen atoms in total. The Morgan fingerprint density at radius 1 is 1.56 bits per heavy atom. The van der Waals surface area contributed by atoms with E-state index in [1.165, 1.54) is 0 Å². The highest BCUT2D eigenvalue weighted by Gasteiger charge is 2.16. The van der Waals surface area contributed by atoms with E-state index in [0.717, 1.165) is 12.2 Å². The minimum atomic E-state index is -0.259. The molecule has 2 rings (SSSR count). The van der Waals surface area contributed by atoms with Gasteiger partial charge in [-0.3, -0.25) is 4.79 Å². The number of amides is 1. The summed E-state index contributed by atoms with van der Waals surface area (Å²) in [6, 6.07) is 4.81. The molecule has 2 aromatic heterocycles. The van der Waals surface area contributed by atoms with Crippen molar-refractivity contribution in [2.45, 2.75) is 19.4 Å². The first-order valence-corrected chi connectivity index (χ1v) is 5.73. The predicted molar refractivity (Wildman–Crippen MR) is 67.7 cm³/mol. The van der Waals surface area contributed by atoms with Gasteiger partial charge in [-0.25, -0.2) is 9.97 Å². The molecule has 0 aromatic carbocycles. The van der Waals surface area contributed by atoms with Crippen LogP contribution in [0.1, 0.15) is 35.7 Å². The van der Waals surface area contributed by atoms with Crippen molar-refractivity contribution >= 4 is 11.7 Å². The van der Waals surface area contributed by atoms with Crippen molar-refractivity contribution in [3.8, 4) is 0 Å². The highest BCUT2D eigenvalue weighted by molar-refractivity contribution is 5.92. The van der Waals surface area contributed by atoms with Gasteiger partial charge in [-0.1, -0.05) is 13.0 Å². The number of nitrogens with two attached hydrogens (primary N) is 1. The maximum Gasteiger partial charge on any atom is 0.270 e. The van der Waals surface area contributed by atoms with Gasteiger partial charge in [0.05, 0.1) is 6.04 Å². The van der Waals surface area contributed by atoms with Crippen molar-refractivity contribution in [1.82, 2.24) is 20.3 Å². The Labute approximate surface area is 105 Å². The number of pyridine rings is 1. The van der Waals surface area contributed by atoms with Gasteiger partial charge < -0.3 is 16.0 Å². The van der Waals surface area contributed by atoms with Crippen molar-refractivity contribution in [3.05, 3.63) is 42.1 Å². The molecule has 6 heteroatoms. The summed E-state index contributed by atoms with van der Waals surface area (Å²) in [6.45, 7) is 1.97. The minimum absolute atomic E-state index is 0.157. The second-order valence-electron chi connectivity index (χ2n) is 3.86. The number of aromatic nitrogens is 3. The Morgan fingerprint density at radius 2 is 2.39 bits per heavy atom. The van der Waals surface area contributed by atoms with Crippen LogP contribution in [0.25, 0.3) is 0 Å². The highest BCUT2D eigenvalue weighted by atomic mass is 16.1. The molecule has 1 atom stereocenters. The normalized spacial score (nSPS) is 12.1. The number of hydrogen-bond acceptors (Lipinski definition) is 4. The third-order valence-electron chi connectivity index (χ3n) is 2.57. The van der Waals surface area contributed by atoms with Gasteiger partial charge >= 0.3 is 0 Å². The largest absolute Gasteiger partial charge is 0.384 e. The number of nitrogens with zero attached hydrogens (tertiary/aromatic N) is 2. The van der Waals surface area contributed by atoms with E-state index < -0.39 is 0 Å². The first kappa shape index (κ1) is 12.1. The van der Waals surface area contributed by atoms with E-state index >= 15 is 0 Å². The van der Waals surface area contributed by atoms with Crippen LogP contribution < -0.4 is 11.1 Å². The van der Waals surface area contributed by atoms with E-state index in [0.29, 0.717) is 11.5 Å². The summed E-state index contributed by atoms with van der Waals surface area (Å²) in [5.74, 6) is 0.800. The lowest BCUT2D eigenvalue weighted by Crippen LogP contribution is -2.29. The first-order valence-electron chi connectivity index (χ1n) is 5.73. The van der Waals surface area contributed by atoms with E-state index in [2.05, 4.69) is 20.3 Å². The minimum Gasteiger partial charge on any atom is -0.384 e. The van der Waals surface area contributed by atoms with Crippen LogP contribution >= 0.6 is 0 Å². The second kappa shape index (κ2) is 5.31. The van der Waals surface area contributed by atoms with E-state index in [9.17, 15) is 4.79 Å². The lowest BCUT2D eigenvalue weighted by atomic mass is 10.2. The average molecular weight is 245 g/mol. The van der Waals surface area contributed by atoms with Gasteiger partial charge in [0.25, 0.3) is 5.91 Å². The number of rotatable bonds is 4. The van der Waals surface area contributed by atoms with Gasteiger partial charge in [-0.2, -0.15) is 0 Å². The summed E-state index contributed by atoms with van der Waals surface area (Å²) in [5.41, 5.74) is 5.85.